The normalized spacial score (nSPS) is 19.9. The second-order valence-corrected chi connectivity index (χ2v) is 6.13. The number of nitrogens with one attached hydrogen (secondary N) is 1. The Hall–Kier alpha value is -0.280. The van der Waals surface area contributed by atoms with Crippen LogP contribution in [0.4, 0.5) is 0 Å². The molecule has 0 radical (unpaired) electrons. The third-order valence-electron chi connectivity index (χ3n) is 3.67. The Balaban J connectivity index is 1.93. The molecule has 1 aliphatic heterocycles. The van der Waals surface area contributed by atoms with Crippen LogP contribution < -0.4 is 5.32 Å². The van der Waals surface area contributed by atoms with E-state index in [2.05, 4.69) is 17.1 Å². The maximum absolute atomic E-state index is 6.05. The number of hydrogen-bond donors (Lipinski definition) is 1. The van der Waals surface area contributed by atoms with Crippen LogP contribution in [0, 0.1) is 0 Å². The Morgan fingerprint density at radius 1 is 1.21 bits per heavy atom. The van der Waals surface area contributed by atoms with Gasteiger partial charge in [0.15, 0.2) is 0 Å². The predicted octanol–water partition coefficient (Wildman–Crippen LogP) is 3.96. The van der Waals surface area contributed by atoms with Crippen molar-refractivity contribution in [3.63, 3.8) is 0 Å². The van der Waals surface area contributed by atoms with Crippen LogP contribution in [0.25, 0.3) is 0 Å². The predicted molar refractivity (Wildman–Crippen MR) is 83.1 cm³/mol. The monoisotopic (exact) mass is 300 g/mol. The molecule has 4 heteroatoms. The molecule has 0 aliphatic carbocycles. The van der Waals surface area contributed by atoms with Crippen LogP contribution in [0.1, 0.15) is 31.7 Å². The first-order valence-corrected chi connectivity index (χ1v) is 7.83. The van der Waals surface area contributed by atoms with Crippen molar-refractivity contribution >= 4 is 23.2 Å². The lowest BCUT2D eigenvalue weighted by Gasteiger charge is -2.30. The Bertz CT molecular complexity index is 383. The zero-order valence-corrected chi connectivity index (χ0v) is 13.0. The van der Waals surface area contributed by atoms with Crippen molar-refractivity contribution in [2.24, 2.45) is 0 Å². The third kappa shape index (κ3) is 4.96. The van der Waals surface area contributed by atoms with Gasteiger partial charge in [0.25, 0.3) is 0 Å². The van der Waals surface area contributed by atoms with E-state index in [0.29, 0.717) is 16.1 Å². The molecular formula is C15H22Cl2N2. The Kier molecular flexibility index (Phi) is 5.96. The average Bonchev–Trinajstić information content (AvgIpc) is 2.38. The van der Waals surface area contributed by atoms with Gasteiger partial charge in [0.05, 0.1) is 0 Å². The maximum Gasteiger partial charge on any atom is 0.0424 e. The summed E-state index contributed by atoms with van der Waals surface area (Å²) in [5, 5.41) is 5.03. The van der Waals surface area contributed by atoms with Crippen molar-refractivity contribution in [2.45, 2.75) is 38.8 Å². The molecule has 0 spiro atoms. The van der Waals surface area contributed by atoms with E-state index in [1.54, 1.807) is 6.07 Å². The molecule has 0 bridgehead atoms. The molecule has 1 aliphatic rings. The van der Waals surface area contributed by atoms with Crippen molar-refractivity contribution in [1.82, 2.24) is 10.2 Å². The van der Waals surface area contributed by atoms with Gasteiger partial charge < -0.3 is 5.32 Å². The van der Waals surface area contributed by atoms with E-state index in [9.17, 15) is 0 Å². The lowest BCUT2D eigenvalue weighted by molar-refractivity contribution is 0.226. The Morgan fingerprint density at radius 2 is 1.95 bits per heavy atom. The van der Waals surface area contributed by atoms with Crippen molar-refractivity contribution in [3.05, 3.63) is 33.8 Å². The first-order chi connectivity index (χ1) is 9.17. The minimum absolute atomic E-state index is 0.628. The van der Waals surface area contributed by atoms with Crippen LogP contribution in [-0.2, 0) is 6.54 Å². The molecule has 0 aromatic heterocycles. The number of piperidine rings is 1. The SMILES string of the molecule is CCN(Cc1cc(Cl)cc(Cl)c1)CC1CCCCN1. The van der Waals surface area contributed by atoms with Crippen LogP contribution in [0.15, 0.2) is 18.2 Å². The van der Waals surface area contributed by atoms with Gasteiger partial charge in [0.2, 0.25) is 0 Å². The number of halogens is 2. The van der Waals surface area contributed by atoms with Gasteiger partial charge >= 0.3 is 0 Å². The zero-order valence-electron chi connectivity index (χ0n) is 11.5. The summed E-state index contributed by atoms with van der Waals surface area (Å²) in [7, 11) is 0. The van der Waals surface area contributed by atoms with Gasteiger partial charge in [-0.15, -0.1) is 0 Å². The summed E-state index contributed by atoms with van der Waals surface area (Å²) in [5.41, 5.74) is 1.19. The second-order valence-electron chi connectivity index (χ2n) is 5.25. The summed E-state index contributed by atoms with van der Waals surface area (Å²) < 4.78 is 0. The molecule has 1 heterocycles. The molecule has 1 N–H and O–H groups in total. The highest BCUT2D eigenvalue weighted by atomic mass is 35.5. The summed E-state index contributed by atoms with van der Waals surface area (Å²) >= 11 is 12.1. The van der Waals surface area contributed by atoms with Gasteiger partial charge in [-0.25, -0.2) is 0 Å². The molecule has 0 amide bonds. The lowest BCUT2D eigenvalue weighted by Crippen LogP contribution is -2.43. The maximum atomic E-state index is 6.05. The van der Waals surface area contributed by atoms with Gasteiger partial charge in [-0.3, -0.25) is 4.90 Å². The average molecular weight is 301 g/mol. The third-order valence-corrected chi connectivity index (χ3v) is 4.10. The van der Waals surface area contributed by atoms with Gasteiger partial charge in [-0.1, -0.05) is 36.5 Å². The smallest absolute Gasteiger partial charge is 0.0424 e. The minimum Gasteiger partial charge on any atom is -0.313 e. The van der Waals surface area contributed by atoms with Gasteiger partial charge in [-0.2, -0.15) is 0 Å². The highest BCUT2D eigenvalue weighted by molar-refractivity contribution is 6.34. The van der Waals surface area contributed by atoms with Crippen molar-refractivity contribution in [1.29, 1.82) is 0 Å². The summed E-state index contributed by atoms with van der Waals surface area (Å²) in [6.07, 6.45) is 3.94. The molecule has 1 atom stereocenters. The number of benzene rings is 1. The summed E-state index contributed by atoms with van der Waals surface area (Å²) in [6, 6.07) is 6.42. The lowest BCUT2D eigenvalue weighted by atomic mass is 10.0. The second kappa shape index (κ2) is 7.49. The molecule has 19 heavy (non-hydrogen) atoms. The van der Waals surface area contributed by atoms with Crippen molar-refractivity contribution < 1.29 is 0 Å². The van der Waals surface area contributed by atoms with E-state index in [4.69, 9.17) is 23.2 Å². The number of hydrogen-bond acceptors (Lipinski definition) is 2. The highest BCUT2D eigenvalue weighted by Crippen LogP contribution is 2.20. The number of nitrogens with zero attached hydrogens (tertiary/aromatic N) is 1. The summed E-state index contributed by atoms with van der Waals surface area (Å²) in [5.74, 6) is 0. The number of rotatable bonds is 5. The van der Waals surface area contributed by atoms with Crippen LogP contribution in [-0.4, -0.2) is 30.6 Å². The fourth-order valence-corrected chi connectivity index (χ4v) is 3.23. The van der Waals surface area contributed by atoms with Crippen molar-refractivity contribution in [3.8, 4) is 0 Å². The topological polar surface area (TPSA) is 15.3 Å². The van der Waals surface area contributed by atoms with Gasteiger partial charge in [-0.05, 0) is 49.7 Å². The van der Waals surface area contributed by atoms with Gasteiger partial charge in [0, 0.05) is 29.2 Å². The molecule has 1 aromatic rings. The van der Waals surface area contributed by atoms with E-state index in [0.717, 1.165) is 26.2 Å². The molecule has 1 aromatic carbocycles. The quantitative estimate of drug-likeness (QED) is 0.885. The van der Waals surface area contributed by atoms with Crippen LogP contribution in [0.2, 0.25) is 10.0 Å². The molecule has 1 fully saturated rings. The van der Waals surface area contributed by atoms with E-state index in [1.165, 1.54) is 24.8 Å². The summed E-state index contributed by atoms with van der Waals surface area (Å²) in [4.78, 5) is 2.45. The Labute approximate surface area is 126 Å². The molecule has 1 unspecified atom stereocenters. The highest BCUT2D eigenvalue weighted by Gasteiger charge is 2.16. The van der Waals surface area contributed by atoms with Crippen molar-refractivity contribution in [2.75, 3.05) is 19.6 Å². The molecule has 2 rings (SSSR count). The zero-order chi connectivity index (χ0) is 13.7. The summed E-state index contributed by atoms with van der Waals surface area (Å²) in [6.45, 7) is 6.41. The molecule has 0 saturated carbocycles. The first-order valence-electron chi connectivity index (χ1n) is 7.08. The molecule has 1 saturated heterocycles. The van der Waals surface area contributed by atoms with E-state index in [-0.39, 0.29) is 0 Å². The minimum atomic E-state index is 0.628. The first kappa shape index (κ1) is 15.1. The van der Waals surface area contributed by atoms with Crippen LogP contribution >= 0.6 is 23.2 Å². The number of likely N-dealkylation sites (N-methyl/N-ethyl adjacent to an activating group) is 1. The van der Waals surface area contributed by atoms with E-state index >= 15 is 0 Å². The fraction of sp³-hybridized carbons (Fsp3) is 0.600. The van der Waals surface area contributed by atoms with Crippen LogP contribution in [0.3, 0.4) is 0 Å². The largest absolute Gasteiger partial charge is 0.313 e. The van der Waals surface area contributed by atoms with E-state index < -0.39 is 0 Å². The molecule has 106 valence electrons. The fourth-order valence-electron chi connectivity index (χ4n) is 2.66. The Morgan fingerprint density at radius 3 is 2.53 bits per heavy atom. The van der Waals surface area contributed by atoms with Gasteiger partial charge in [0.1, 0.15) is 0 Å². The standard InChI is InChI=1S/C15H22Cl2N2/c1-2-19(11-15-5-3-4-6-18-15)10-12-7-13(16)9-14(17)8-12/h7-9,15,18H,2-6,10-11H2,1H3. The molecule has 2 nitrogen and oxygen atoms in total. The van der Waals surface area contributed by atoms with Crippen LogP contribution in [0.5, 0.6) is 0 Å². The molecular weight excluding hydrogens is 279 g/mol. The van der Waals surface area contributed by atoms with E-state index in [1.807, 2.05) is 12.1 Å².